The lowest BCUT2D eigenvalue weighted by Crippen LogP contribution is -2.44. The molecule has 0 heterocycles. The van der Waals surface area contributed by atoms with E-state index in [1.165, 1.54) is 0 Å². The molecule has 1 fully saturated rings. The second-order valence-electron chi connectivity index (χ2n) is 5.42. The number of aliphatic hydroxyl groups excluding tert-OH is 1. The van der Waals surface area contributed by atoms with Gasteiger partial charge in [0.25, 0.3) is 0 Å². The molecule has 4 heteroatoms. The van der Waals surface area contributed by atoms with Crippen LogP contribution < -0.4 is 4.74 Å². The Bertz CT molecular complexity index is 521. The number of hydrogen-bond donors (Lipinski definition) is 1. The maximum Gasteiger partial charge on any atom is 0.246 e. The van der Waals surface area contributed by atoms with E-state index in [2.05, 4.69) is 0 Å². The molecule has 1 aliphatic rings. The van der Waals surface area contributed by atoms with E-state index >= 15 is 0 Å². The van der Waals surface area contributed by atoms with Crippen LogP contribution in [0.1, 0.15) is 30.4 Å². The van der Waals surface area contributed by atoms with Crippen LogP contribution in [0.2, 0.25) is 0 Å². The molecule has 0 unspecified atom stereocenters. The molecule has 2 rings (SSSR count). The average molecular weight is 289 g/mol. The van der Waals surface area contributed by atoms with Gasteiger partial charge in [-0.25, -0.2) is 0 Å². The zero-order chi connectivity index (χ0) is 15.2. The van der Waals surface area contributed by atoms with Crippen molar-refractivity contribution in [1.82, 2.24) is 4.90 Å². The second-order valence-corrected chi connectivity index (χ2v) is 5.42. The Kier molecular flexibility index (Phi) is 5.39. The highest BCUT2D eigenvalue weighted by Gasteiger charge is 2.26. The third-order valence-electron chi connectivity index (χ3n) is 3.93. The highest BCUT2D eigenvalue weighted by atomic mass is 16.5. The minimum atomic E-state index is -0.0442. The van der Waals surface area contributed by atoms with Crippen LogP contribution in [-0.2, 0) is 4.79 Å². The van der Waals surface area contributed by atoms with Crippen LogP contribution in [0.4, 0.5) is 0 Å². The van der Waals surface area contributed by atoms with E-state index in [1.807, 2.05) is 25.1 Å². The van der Waals surface area contributed by atoms with Crippen molar-refractivity contribution in [2.75, 3.05) is 20.3 Å². The topological polar surface area (TPSA) is 49.8 Å². The standard InChI is InChI=1S/C17H23NO3/c1-13-6-8-16(21-2)14(12-13)7-9-17(20)18(10-11-19)15-4-3-5-15/h6-9,12,15,19H,3-5,10-11H2,1-2H3/b9-7+. The molecule has 114 valence electrons. The number of carbonyl (C=O) groups is 1. The molecule has 0 atom stereocenters. The van der Waals surface area contributed by atoms with Gasteiger partial charge < -0.3 is 14.7 Å². The number of nitrogens with zero attached hydrogens (tertiary/aromatic N) is 1. The summed E-state index contributed by atoms with van der Waals surface area (Å²) < 4.78 is 5.30. The molecular formula is C17H23NO3. The van der Waals surface area contributed by atoms with Gasteiger partial charge in [-0.3, -0.25) is 4.79 Å². The van der Waals surface area contributed by atoms with Crippen molar-refractivity contribution in [2.24, 2.45) is 0 Å². The number of rotatable bonds is 6. The average Bonchev–Trinajstić information content (AvgIpc) is 2.42. The van der Waals surface area contributed by atoms with Gasteiger partial charge in [0.15, 0.2) is 0 Å². The molecule has 0 bridgehead atoms. The molecule has 1 N–H and O–H groups in total. The fraction of sp³-hybridized carbons (Fsp3) is 0.471. The lowest BCUT2D eigenvalue weighted by Gasteiger charge is -2.36. The number of carbonyl (C=O) groups excluding carboxylic acids is 1. The molecule has 1 aromatic carbocycles. The Morgan fingerprint density at radius 2 is 2.24 bits per heavy atom. The molecule has 1 aliphatic carbocycles. The molecule has 0 aromatic heterocycles. The van der Waals surface area contributed by atoms with Crippen LogP contribution in [0.5, 0.6) is 5.75 Å². The summed E-state index contributed by atoms with van der Waals surface area (Å²) in [7, 11) is 1.62. The fourth-order valence-electron chi connectivity index (χ4n) is 2.52. The molecule has 0 radical (unpaired) electrons. The van der Waals surface area contributed by atoms with Crippen LogP contribution in [0.15, 0.2) is 24.3 Å². The van der Waals surface area contributed by atoms with Crippen molar-refractivity contribution in [3.8, 4) is 5.75 Å². The maximum absolute atomic E-state index is 12.3. The Hall–Kier alpha value is -1.81. The Balaban J connectivity index is 2.11. The molecule has 1 amide bonds. The van der Waals surface area contributed by atoms with Crippen molar-refractivity contribution in [1.29, 1.82) is 0 Å². The summed E-state index contributed by atoms with van der Waals surface area (Å²) in [6.07, 6.45) is 6.60. The zero-order valence-corrected chi connectivity index (χ0v) is 12.7. The van der Waals surface area contributed by atoms with Gasteiger partial charge in [-0.2, -0.15) is 0 Å². The monoisotopic (exact) mass is 289 g/mol. The summed E-state index contributed by atoms with van der Waals surface area (Å²) in [5, 5.41) is 9.12. The molecule has 0 saturated heterocycles. The number of aryl methyl sites for hydroxylation is 1. The summed E-state index contributed by atoms with van der Waals surface area (Å²) in [4.78, 5) is 14.1. The maximum atomic E-state index is 12.3. The zero-order valence-electron chi connectivity index (χ0n) is 12.7. The smallest absolute Gasteiger partial charge is 0.246 e. The van der Waals surface area contributed by atoms with Gasteiger partial charge >= 0.3 is 0 Å². The second kappa shape index (κ2) is 7.27. The Labute approximate surface area is 126 Å². The van der Waals surface area contributed by atoms with Crippen LogP contribution in [-0.4, -0.2) is 42.2 Å². The number of hydrogen-bond acceptors (Lipinski definition) is 3. The third kappa shape index (κ3) is 3.85. The van der Waals surface area contributed by atoms with E-state index < -0.39 is 0 Å². The molecule has 21 heavy (non-hydrogen) atoms. The lowest BCUT2D eigenvalue weighted by atomic mass is 9.91. The first-order chi connectivity index (χ1) is 10.2. The van der Waals surface area contributed by atoms with E-state index in [9.17, 15) is 4.79 Å². The van der Waals surface area contributed by atoms with Crippen molar-refractivity contribution >= 4 is 12.0 Å². The fourth-order valence-corrected chi connectivity index (χ4v) is 2.52. The van der Waals surface area contributed by atoms with Gasteiger partial charge in [0.05, 0.1) is 13.7 Å². The molecule has 4 nitrogen and oxygen atoms in total. The summed E-state index contributed by atoms with van der Waals surface area (Å²) in [5.74, 6) is 0.708. The highest BCUT2D eigenvalue weighted by Crippen LogP contribution is 2.25. The van der Waals surface area contributed by atoms with Gasteiger partial charge in [-0.1, -0.05) is 11.6 Å². The van der Waals surface area contributed by atoms with E-state index in [0.717, 1.165) is 36.1 Å². The van der Waals surface area contributed by atoms with Crippen LogP contribution in [0.25, 0.3) is 6.08 Å². The predicted octanol–water partition coefficient (Wildman–Crippen LogP) is 2.39. The third-order valence-corrected chi connectivity index (χ3v) is 3.93. The van der Waals surface area contributed by atoms with E-state index in [-0.39, 0.29) is 18.6 Å². The summed E-state index contributed by atoms with van der Waals surface area (Å²) in [6, 6.07) is 6.15. The van der Waals surface area contributed by atoms with Crippen molar-refractivity contribution in [3.05, 3.63) is 35.4 Å². The van der Waals surface area contributed by atoms with Gasteiger partial charge in [0.1, 0.15) is 5.75 Å². The van der Waals surface area contributed by atoms with E-state index in [1.54, 1.807) is 24.2 Å². The van der Waals surface area contributed by atoms with Crippen molar-refractivity contribution in [3.63, 3.8) is 0 Å². The van der Waals surface area contributed by atoms with Crippen molar-refractivity contribution in [2.45, 2.75) is 32.2 Å². The normalized spacial score (nSPS) is 15.0. The lowest BCUT2D eigenvalue weighted by molar-refractivity contribution is -0.130. The minimum Gasteiger partial charge on any atom is -0.496 e. The first-order valence-corrected chi connectivity index (χ1v) is 7.40. The first kappa shape index (κ1) is 15.6. The van der Waals surface area contributed by atoms with Crippen LogP contribution in [0.3, 0.4) is 0 Å². The summed E-state index contributed by atoms with van der Waals surface area (Å²) in [5.41, 5.74) is 2.01. The molecular weight excluding hydrogens is 266 g/mol. The van der Waals surface area contributed by atoms with Gasteiger partial charge in [0, 0.05) is 24.2 Å². The minimum absolute atomic E-state index is 0.00382. The van der Waals surface area contributed by atoms with E-state index in [0.29, 0.717) is 6.54 Å². The molecule has 0 aliphatic heterocycles. The van der Waals surface area contributed by atoms with Crippen LogP contribution in [0, 0.1) is 6.92 Å². The van der Waals surface area contributed by atoms with Gasteiger partial charge in [0.2, 0.25) is 5.91 Å². The number of aliphatic hydroxyl groups is 1. The van der Waals surface area contributed by atoms with E-state index in [4.69, 9.17) is 9.84 Å². The Morgan fingerprint density at radius 3 is 2.81 bits per heavy atom. The highest BCUT2D eigenvalue weighted by molar-refractivity contribution is 5.92. The Morgan fingerprint density at radius 1 is 1.48 bits per heavy atom. The van der Waals surface area contributed by atoms with Crippen molar-refractivity contribution < 1.29 is 14.6 Å². The predicted molar refractivity (Wildman–Crippen MR) is 83.2 cm³/mol. The largest absolute Gasteiger partial charge is 0.496 e. The van der Waals surface area contributed by atoms with Gasteiger partial charge in [-0.05, 0) is 44.4 Å². The molecule has 1 saturated carbocycles. The number of ether oxygens (including phenoxy) is 1. The quantitative estimate of drug-likeness (QED) is 0.818. The number of methoxy groups -OCH3 is 1. The first-order valence-electron chi connectivity index (χ1n) is 7.40. The molecule has 0 spiro atoms. The molecule has 1 aromatic rings. The summed E-state index contributed by atoms with van der Waals surface area (Å²) in [6.45, 7) is 2.41. The van der Waals surface area contributed by atoms with Crippen LogP contribution >= 0.6 is 0 Å². The van der Waals surface area contributed by atoms with Gasteiger partial charge in [-0.15, -0.1) is 0 Å². The SMILES string of the molecule is COc1ccc(C)cc1/C=C/C(=O)N(CCO)C1CCC1. The number of benzene rings is 1. The number of amides is 1. The summed E-state index contributed by atoms with van der Waals surface area (Å²) >= 11 is 0.